The van der Waals surface area contributed by atoms with E-state index < -0.39 is 0 Å². The number of rotatable bonds is 7. The Balaban J connectivity index is 1.68. The van der Waals surface area contributed by atoms with Crippen LogP contribution in [0.3, 0.4) is 0 Å². The number of amides is 1. The minimum Gasteiger partial charge on any atom is -0.492 e. The molecule has 2 aromatic rings. The third-order valence-corrected chi connectivity index (χ3v) is 5.08. The number of hydrogen-bond donors (Lipinski definition) is 1. The van der Waals surface area contributed by atoms with Gasteiger partial charge in [-0.25, -0.2) is 0 Å². The lowest BCUT2D eigenvalue weighted by atomic mass is 10.3. The Morgan fingerprint density at radius 2 is 2.14 bits per heavy atom. The van der Waals surface area contributed by atoms with E-state index in [9.17, 15) is 4.79 Å². The fourth-order valence-corrected chi connectivity index (χ4v) is 3.31. The first-order chi connectivity index (χ1) is 10.5. The van der Waals surface area contributed by atoms with Gasteiger partial charge in [-0.2, -0.15) is 0 Å². The maximum absolute atomic E-state index is 12.0. The summed E-state index contributed by atoms with van der Waals surface area (Å²) in [5, 5.41) is 7.98. The summed E-state index contributed by atoms with van der Waals surface area (Å²) >= 11 is 5.98. The first kappa shape index (κ1) is 17.0. The summed E-state index contributed by atoms with van der Waals surface area (Å²) in [6.45, 7) is 0.966. The maximum Gasteiger partial charge on any atom is 0.232 e. The van der Waals surface area contributed by atoms with Crippen LogP contribution in [0.5, 0.6) is 5.75 Å². The Morgan fingerprint density at radius 3 is 2.77 bits per heavy atom. The summed E-state index contributed by atoms with van der Waals surface area (Å²) in [7, 11) is 1.75. The first-order valence-electron chi connectivity index (χ1n) is 6.38. The summed E-state index contributed by atoms with van der Waals surface area (Å²) in [6.07, 6.45) is 0. The van der Waals surface area contributed by atoms with Crippen LogP contribution in [0.15, 0.2) is 33.1 Å². The van der Waals surface area contributed by atoms with Crippen LogP contribution < -0.4 is 10.5 Å². The molecule has 0 bridgehead atoms. The monoisotopic (exact) mass is 402 g/mol. The zero-order valence-electron chi connectivity index (χ0n) is 11.9. The van der Waals surface area contributed by atoms with Crippen molar-refractivity contribution in [3.05, 3.63) is 28.7 Å². The van der Waals surface area contributed by atoms with E-state index in [2.05, 4.69) is 26.1 Å². The van der Waals surface area contributed by atoms with E-state index in [0.29, 0.717) is 28.4 Å². The molecule has 0 saturated carbocycles. The van der Waals surface area contributed by atoms with Crippen molar-refractivity contribution in [1.29, 1.82) is 0 Å². The number of carbonyl (C=O) groups excluding carboxylic acids is 1. The van der Waals surface area contributed by atoms with E-state index in [4.69, 9.17) is 10.5 Å². The second kappa shape index (κ2) is 8.35. The second-order valence-corrected chi connectivity index (χ2v) is 7.46. The number of aromatic nitrogens is 2. The zero-order chi connectivity index (χ0) is 15.9. The molecule has 1 aromatic carbocycles. The molecule has 0 saturated heterocycles. The predicted octanol–water partition coefficient (Wildman–Crippen LogP) is 2.51. The van der Waals surface area contributed by atoms with Crippen LogP contribution in [0.1, 0.15) is 0 Å². The summed E-state index contributed by atoms with van der Waals surface area (Å²) in [5.74, 6) is 1.10. The number of nitrogens with two attached hydrogens (primary N) is 1. The zero-order valence-corrected chi connectivity index (χ0v) is 15.1. The van der Waals surface area contributed by atoms with E-state index in [1.165, 1.54) is 23.1 Å². The number of carbonyl (C=O) groups is 1. The molecule has 0 fully saturated rings. The number of thioether (sulfide) groups is 1. The molecular formula is C13H15BrN4O2S2. The minimum atomic E-state index is 0.0122. The number of hydrogen-bond acceptors (Lipinski definition) is 7. The van der Waals surface area contributed by atoms with Gasteiger partial charge in [-0.15, -0.1) is 10.2 Å². The van der Waals surface area contributed by atoms with Crippen LogP contribution in [0, 0.1) is 0 Å². The molecule has 1 amide bonds. The van der Waals surface area contributed by atoms with Crippen LogP contribution >= 0.6 is 39.0 Å². The molecule has 9 heteroatoms. The molecule has 0 aliphatic carbocycles. The van der Waals surface area contributed by atoms with E-state index in [0.717, 1.165) is 10.2 Å². The van der Waals surface area contributed by atoms with Crippen molar-refractivity contribution in [2.45, 2.75) is 4.34 Å². The third kappa shape index (κ3) is 5.47. The smallest absolute Gasteiger partial charge is 0.232 e. The largest absolute Gasteiger partial charge is 0.492 e. The quantitative estimate of drug-likeness (QED) is 0.716. The Hall–Kier alpha value is -1.32. The summed E-state index contributed by atoms with van der Waals surface area (Å²) in [6, 6.07) is 7.58. The lowest BCUT2D eigenvalue weighted by Crippen LogP contribution is -2.32. The van der Waals surface area contributed by atoms with Gasteiger partial charge in [0.2, 0.25) is 11.0 Å². The van der Waals surface area contributed by atoms with Crippen LogP contribution in [0.4, 0.5) is 5.13 Å². The highest BCUT2D eigenvalue weighted by Gasteiger charge is 2.11. The summed E-state index contributed by atoms with van der Waals surface area (Å²) < 4.78 is 7.29. The van der Waals surface area contributed by atoms with Gasteiger partial charge in [0.25, 0.3) is 0 Å². The van der Waals surface area contributed by atoms with E-state index in [1.807, 2.05) is 24.3 Å². The molecule has 0 atom stereocenters. The fraction of sp³-hybridized carbons (Fsp3) is 0.308. The highest BCUT2D eigenvalue weighted by atomic mass is 79.9. The molecule has 1 heterocycles. The van der Waals surface area contributed by atoms with Crippen molar-refractivity contribution in [2.75, 3.05) is 31.7 Å². The van der Waals surface area contributed by atoms with Gasteiger partial charge < -0.3 is 15.4 Å². The number of nitrogens with zero attached hydrogens (tertiary/aromatic N) is 3. The molecule has 2 rings (SSSR count). The third-order valence-electron chi connectivity index (χ3n) is 2.68. The van der Waals surface area contributed by atoms with Crippen molar-refractivity contribution in [2.24, 2.45) is 0 Å². The van der Waals surface area contributed by atoms with Gasteiger partial charge in [-0.1, -0.05) is 39.0 Å². The van der Waals surface area contributed by atoms with Gasteiger partial charge in [0.15, 0.2) is 4.34 Å². The van der Waals surface area contributed by atoms with Crippen molar-refractivity contribution < 1.29 is 9.53 Å². The predicted molar refractivity (Wildman–Crippen MR) is 92.3 cm³/mol. The standard InChI is InChI=1S/C13H15BrN4O2S2/c1-18(6-7-20-10-4-2-9(14)3-5-10)11(19)8-21-13-17-16-12(15)22-13/h2-5H,6-8H2,1H3,(H2,15,16). The molecular weight excluding hydrogens is 388 g/mol. The van der Waals surface area contributed by atoms with Gasteiger partial charge >= 0.3 is 0 Å². The number of benzene rings is 1. The lowest BCUT2D eigenvalue weighted by Gasteiger charge is -2.17. The number of ether oxygens (including phenoxy) is 1. The molecule has 1 aromatic heterocycles. The van der Waals surface area contributed by atoms with Crippen molar-refractivity contribution >= 4 is 50.1 Å². The molecule has 0 spiro atoms. The average Bonchev–Trinajstić information content (AvgIpc) is 2.92. The fourth-order valence-electron chi connectivity index (χ4n) is 1.47. The maximum atomic E-state index is 12.0. The van der Waals surface area contributed by atoms with Gasteiger partial charge in [0.1, 0.15) is 12.4 Å². The lowest BCUT2D eigenvalue weighted by molar-refractivity contribution is -0.127. The van der Waals surface area contributed by atoms with Crippen LogP contribution in [0.25, 0.3) is 0 Å². The highest BCUT2D eigenvalue weighted by Crippen LogP contribution is 2.23. The van der Waals surface area contributed by atoms with E-state index in [-0.39, 0.29) is 5.91 Å². The van der Waals surface area contributed by atoms with Crippen LogP contribution in [-0.2, 0) is 4.79 Å². The summed E-state index contributed by atoms with van der Waals surface area (Å²) in [4.78, 5) is 13.6. The van der Waals surface area contributed by atoms with Crippen molar-refractivity contribution in [1.82, 2.24) is 15.1 Å². The van der Waals surface area contributed by atoms with Crippen molar-refractivity contribution in [3.63, 3.8) is 0 Å². The van der Waals surface area contributed by atoms with Gasteiger partial charge in [-0.05, 0) is 24.3 Å². The minimum absolute atomic E-state index is 0.0122. The molecule has 0 radical (unpaired) electrons. The Kier molecular flexibility index (Phi) is 6.47. The first-order valence-corrected chi connectivity index (χ1v) is 8.98. The van der Waals surface area contributed by atoms with Crippen LogP contribution in [0.2, 0.25) is 0 Å². The van der Waals surface area contributed by atoms with Gasteiger partial charge in [0, 0.05) is 11.5 Å². The molecule has 118 valence electrons. The Labute approximate surface area is 145 Å². The molecule has 0 aliphatic heterocycles. The van der Waals surface area contributed by atoms with E-state index >= 15 is 0 Å². The van der Waals surface area contributed by atoms with Crippen LogP contribution in [-0.4, -0.2) is 47.0 Å². The number of nitrogen functional groups attached to an aromatic ring is 1. The number of likely N-dealkylation sites (N-methyl/N-ethyl adjacent to an activating group) is 1. The normalized spacial score (nSPS) is 10.5. The Bertz CT molecular complexity index is 621. The molecule has 6 nitrogen and oxygen atoms in total. The Morgan fingerprint density at radius 1 is 1.41 bits per heavy atom. The molecule has 2 N–H and O–H groups in total. The highest BCUT2D eigenvalue weighted by molar-refractivity contribution is 9.10. The van der Waals surface area contributed by atoms with E-state index in [1.54, 1.807) is 11.9 Å². The SMILES string of the molecule is CN(CCOc1ccc(Br)cc1)C(=O)CSc1nnc(N)s1. The van der Waals surface area contributed by atoms with Crippen molar-refractivity contribution in [3.8, 4) is 5.75 Å². The molecule has 0 aliphatic rings. The van der Waals surface area contributed by atoms with Gasteiger partial charge in [0.05, 0.1) is 12.3 Å². The average molecular weight is 403 g/mol. The van der Waals surface area contributed by atoms with Gasteiger partial charge in [-0.3, -0.25) is 4.79 Å². The summed E-state index contributed by atoms with van der Waals surface area (Å²) in [5.41, 5.74) is 5.49. The topological polar surface area (TPSA) is 81.3 Å². The second-order valence-electron chi connectivity index (χ2n) is 4.31. The number of halogens is 1. The molecule has 22 heavy (non-hydrogen) atoms. The molecule has 0 unspecified atom stereocenters. The number of anilines is 1.